The molecule has 2 atom stereocenters. The molecule has 1 saturated heterocycles. The third-order valence-corrected chi connectivity index (χ3v) is 5.23. The number of methoxy groups -OCH3 is 1. The third kappa shape index (κ3) is 4.24. The average molecular weight is 358 g/mol. The van der Waals surface area contributed by atoms with Gasteiger partial charge in [-0.25, -0.2) is 0 Å². The zero-order valence-corrected chi connectivity index (χ0v) is 16.3. The Hall–Kier alpha value is -1.92. The van der Waals surface area contributed by atoms with E-state index in [1.54, 1.807) is 19.5 Å². The average Bonchev–Trinajstić information content (AvgIpc) is 3.17. The number of aryl methyl sites for hydroxylation is 2. The molecule has 1 aliphatic rings. The topological polar surface area (TPSA) is 52.4 Å². The summed E-state index contributed by atoms with van der Waals surface area (Å²) in [6, 6.07) is 4.17. The maximum Gasteiger partial charge on any atom is 0.137 e. The van der Waals surface area contributed by atoms with Crippen LogP contribution in [0.1, 0.15) is 36.7 Å². The van der Waals surface area contributed by atoms with Gasteiger partial charge in [0.25, 0.3) is 0 Å². The van der Waals surface area contributed by atoms with Crippen LogP contribution in [0, 0.1) is 13.8 Å². The Balaban J connectivity index is 1.70. The van der Waals surface area contributed by atoms with E-state index in [2.05, 4.69) is 35.3 Å². The Kier molecular flexibility index (Phi) is 6.27. The molecule has 0 radical (unpaired) electrons. The smallest absolute Gasteiger partial charge is 0.137 e. The molecule has 6 heteroatoms. The van der Waals surface area contributed by atoms with Gasteiger partial charge in [0.05, 0.1) is 18.0 Å². The zero-order valence-electron chi connectivity index (χ0n) is 16.3. The van der Waals surface area contributed by atoms with Crippen molar-refractivity contribution < 1.29 is 9.47 Å². The van der Waals surface area contributed by atoms with Crippen molar-refractivity contribution in [2.45, 2.75) is 58.8 Å². The van der Waals surface area contributed by atoms with Gasteiger partial charge in [0.2, 0.25) is 0 Å². The van der Waals surface area contributed by atoms with Crippen molar-refractivity contribution in [1.29, 1.82) is 0 Å². The second-order valence-corrected chi connectivity index (χ2v) is 7.05. The predicted molar refractivity (Wildman–Crippen MR) is 101 cm³/mol. The largest absolute Gasteiger partial charge is 0.490 e. The van der Waals surface area contributed by atoms with Crippen molar-refractivity contribution in [2.75, 3.05) is 20.3 Å². The van der Waals surface area contributed by atoms with Crippen LogP contribution in [0.25, 0.3) is 0 Å². The highest BCUT2D eigenvalue weighted by atomic mass is 16.5. The number of likely N-dealkylation sites (tertiary alicyclic amines) is 1. The Morgan fingerprint density at radius 3 is 2.85 bits per heavy atom. The Labute approximate surface area is 156 Å². The molecule has 0 amide bonds. The van der Waals surface area contributed by atoms with Crippen LogP contribution >= 0.6 is 0 Å². The minimum atomic E-state index is 0.254. The minimum Gasteiger partial charge on any atom is -0.490 e. The molecule has 1 aliphatic heterocycles. The molecular formula is C20H30N4O2. The highest BCUT2D eigenvalue weighted by molar-refractivity contribution is 5.25. The van der Waals surface area contributed by atoms with Crippen molar-refractivity contribution >= 4 is 0 Å². The molecule has 3 rings (SSSR count). The summed E-state index contributed by atoms with van der Waals surface area (Å²) in [4.78, 5) is 6.59. The Morgan fingerprint density at radius 2 is 2.15 bits per heavy atom. The summed E-state index contributed by atoms with van der Waals surface area (Å²) in [5.74, 6) is 0.816. The van der Waals surface area contributed by atoms with Crippen LogP contribution in [0.15, 0.2) is 24.5 Å². The lowest BCUT2D eigenvalue weighted by Crippen LogP contribution is -2.34. The van der Waals surface area contributed by atoms with Crippen molar-refractivity contribution in [1.82, 2.24) is 19.7 Å². The first-order valence-corrected chi connectivity index (χ1v) is 9.44. The van der Waals surface area contributed by atoms with E-state index in [1.807, 2.05) is 12.1 Å². The normalized spacial score (nSPS) is 20.6. The lowest BCUT2D eigenvalue weighted by atomic mass is 10.1. The molecular weight excluding hydrogens is 328 g/mol. The number of hydrogen-bond acceptors (Lipinski definition) is 5. The molecule has 6 nitrogen and oxygen atoms in total. The molecule has 142 valence electrons. The highest BCUT2D eigenvalue weighted by Gasteiger charge is 2.33. The summed E-state index contributed by atoms with van der Waals surface area (Å²) in [7, 11) is 1.79. The molecule has 2 aromatic rings. The van der Waals surface area contributed by atoms with Crippen molar-refractivity contribution in [3.63, 3.8) is 0 Å². The molecule has 1 fully saturated rings. The van der Waals surface area contributed by atoms with Crippen molar-refractivity contribution in [2.24, 2.45) is 0 Å². The van der Waals surface area contributed by atoms with Gasteiger partial charge in [-0.15, -0.1) is 0 Å². The van der Waals surface area contributed by atoms with Gasteiger partial charge in [-0.3, -0.25) is 14.6 Å². The highest BCUT2D eigenvalue weighted by Crippen LogP contribution is 2.25. The van der Waals surface area contributed by atoms with Crippen LogP contribution in [-0.4, -0.2) is 52.1 Å². The summed E-state index contributed by atoms with van der Waals surface area (Å²) < 4.78 is 13.7. The molecule has 0 aromatic carbocycles. The van der Waals surface area contributed by atoms with Gasteiger partial charge in [-0.05, 0) is 38.8 Å². The molecule has 2 aromatic heterocycles. The molecule has 0 spiro atoms. The number of aromatic nitrogens is 3. The lowest BCUT2D eigenvalue weighted by Gasteiger charge is -2.24. The number of rotatable bonds is 8. The standard InChI is InChI=1S/C20H30N4O2/c1-5-9-24-16(3)20(15(2)22-24)13-23-12-19(25-4)10-17(23)14-26-18-7-6-8-21-11-18/h6-8,11,17,19H,5,9-10,12-14H2,1-4H3/t17-,19+/m0/s1. The predicted octanol–water partition coefficient (Wildman–Crippen LogP) is 2.97. The summed E-state index contributed by atoms with van der Waals surface area (Å²) in [5, 5.41) is 4.72. The number of ether oxygens (including phenoxy) is 2. The van der Waals surface area contributed by atoms with E-state index in [9.17, 15) is 0 Å². The van der Waals surface area contributed by atoms with E-state index in [-0.39, 0.29) is 6.10 Å². The number of hydrogen-bond donors (Lipinski definition) is 0. The second-order valence-electron chi connectivity index (χ2n) is 7.05. The van der Waals surface area contributed by atoms with Crippen molar-refractivity contribution in [3.05, 3.63) is 41.5 Å². The van der Waals surface area contributed by atoms with Gasteiger partial charge >= 0.3 is 0 Å². The van der Waals surface area contributed by atoms with E-state index in [0.717, 1.165) is 43.9 Å². The van der Waals surface area contributed by atoms with Crippen LogP contribution in [0.3, 0.4) is 0 Å². The number of nitrogens with zero attached hydrogens (tertiary/aromatic N) is 4. The third-order valence-electron chi connectivity index (χ3n) is 5.23. The van der Waals surface area contributed by atoms with E-state index in [1.165, 1.54) is 11.3 Å². The maximum atomic E-state index is 5.97. The monoisotopic (exact) mass is 358 g/mol. The molecule has 26 heavy (non-hydrogen) atoms. The van der Waals surface area contributed by atoms with E-state index < -0.39 is 0 Å². The quantitative estimate of drug-likeness (QED) is 0.726. The van der Waals surface area contributed by atoms with Gasteiger partial charge in [0.15, 0.2) is 0 Å². The molecule has 0 aliphatic carbocycles. The second kappa shape index (κ2) is 8.64. The lowest BCUT2D eigenvalue weighted by molar-refractivity contribution is 0.107. The summed E-state index contributed by atoms with van der Waals surface area (Å²) in [6.07, 6.45) is 5.85. The van der Waals surface area contributed by atoms with Crippen LogP contribution in [0.2, 0.25) is 0 Å². The van der Waals surface area contributed by atoms with Crippen LogP contribution in [0.5, 0.6) is 5.75 Å². The zero-order chi connectivity index (χ0) is 18.5. The SMILES string of the molecule is CCCn1nc(C)c(CN2C[C@H](OC)C[C@H]2COc2cccnc2)c1C. The van der Waals surface area contributed by atoms with Gasteiger partial charge in [-0.2, -0.15) is 5.10 Å². The van der Waals surface area contributed by atoms with Crippen molar-refractivity contribution in [3.8, 4) is 5.75 Å². The first-order valence-electron chi connectivity index (χ1n) is 9.44. The van der Waals surface area contributed by atoms with Crippen LogP contribution < -0.4 is 4.74 Å². The fraction of sp³-hybridized carbons (Fsp3) is 0.600. The summed E-state index contributed by atoms with van der Waals surface area (Å²) >= 11 is 0. The molecule has 0 saturated carbocycles. The molecule has 3 heterocycles. The Bertz CT molecular complexity index is 701. The van der Waals surface area contributed by atoms with Gasteiger partial charge < -0.3 is 9.47 Å². The van der Waals surface area contributed by atoms with E-state index >= 15 is 0 Å². The van der Waals surface area contributed by atoms with Gasteiger partial charge in [0, 0.05) is 50.2 Å². The van der Waals surface area contributed by atoms with Crippen LogP contribution in [0.4, 0.5) is 0 Å². The first-order chi connectivity index (χ1) is 12.6. The molecule has 0 N–H and O–H groups in total. The Morgan fingerprint density at radius 1 is 1.31 bits per heavy atom. The first kappa shape index (κ1) is 18.9. The van der Waals surface area contributed by atoms with Gasteiger partial charge in [0.1, 0.15) is 12.4 Å². The van der Waals surface area contributed by atoms with Crippen LogP contribution in [-0.2, 0) is 17.8 Å². The molecule has 0 bridgehead atoms. The maximum absolute atomic E-state index is 5.97. The summed E-state index contributed by atoms with van der Waals surface area (Å²) in [6.45, 7) is 9.91. The fourth-order valence-corrected chi connectivity index (χ4v) is 3.70. The van der Waals surface area contributed by atoms with E-state index in [0.29, 0.717) is 12.6 Å². The molecule has 0 unspecified atom stereocenters. The van der Waals surface area contributed by atoms with E-state index in [4.69, 9.17) is 14.6 Å². The number of pyridine rings is 1. The summed E-state index contributed by atoms with van der Waals surface area (Å²) in [5.41, 5.74) is 3.74. The van der Waals surface area contributed by atoms with Gasteiger partial charge in [-0.1, -0.05) is 6.92 Å². The minimum absolute atomic E-state index is 0.254. The fourth-order valence-electron chi connectivity index (χ4n) is 3.70.